The molecule has 1 aliphatic rings. The monoisotopic (exact) mass is 305 g/mol. The van der Waals surface area contributed by atoms with Gasteiger partial charge >= 0.3 is 0 Å². The molecule has 5 heteroatoms. The molecule has 0 spiro atoms. The van der Waals surface area contributed by atoms with E-state index in [1.165, 1.54) is 0 Å². The van der Waals surface area contributed by atoms with Crippen molar-refractivity contribution in [3.05, 3.63) is 24.3 Å². The Morgan fingerprint density at radius 3 is 2.55 bits per heavy atom. The molecule has 1 N–H and O–H groups in total. The summed E-state index contributed by atoms with van der Waals surface area (Å²) in [7, 11) is 1.69. The highest BCUT2D eigenvalue weighted by Crippen LogP contribution is 2.28. The van der Waals surface area contributed by atoms with Gasteiger partial charge in [-0.3, -0.25) is 4.79 Å². The molecule has 1 aromatic carbocycles. The first-order valence-corrected chi connectivity index (χ1v) is 8.01. The van der Waals surface area contributed by atoms with Crippen LogP contribution in [0.1, 0.15) is 20.3 Å². The average molecular weight is 305 g/mol. The third-order valence-corrected chi connectivity index (χ3v) is 3.95. The number of rotatable bonds is 6. The molecular weight excluding hydrogens is 278 g/mol. The van der Waals surface area contributed by atoms with Gasteiger partial charge in [-0.25, -0.2) is 0 Å². The number of methoxy groups -OCH3 is 1. The first-order chi connectivity index (χ1) is 10.6. The first kappa shape index (κ1) is 16.6. The molecule has 1 aliphatic heterocycles. The number of para-hydroxylation sites is 2. The maximum Gasteiger partial charge on any atom is 0.223 e. The lowest BCUT2D eigenvalue weighted by molar-refractivity contribution is -0.131. The molecule has 0 aliphatic carbocycles. The molecule has 1 fully saturated rings. The lowest BCUT2D eigenvalue weighted by Gasteiger charge is -2.36. The van der Waals surface area contributed by atoms with Crippen molar-refractivity contribution < 1.29 is 9.53 Å². The van der Waals surface area contributed by atoms with Crippen LogP contribution in [-0.4, -0.2) is 56.7 Å². The molecule has 0 radical (unpaired) electrons. The zero-order chi connectivity index (χ0) is 15.9. The maximum atomic E-state index is 12.2. The van der Waals surface area contributed by atoms with E-state index in [0.29, 0.717) is 12.5 Å². The van der Waals surface area contributed by atoms with Crippen LogP contribution in [0.3, 0.4) is 0 Å². The minimum Gasteiger partial charge on any atom is -0.495 e. The number of hydrogen-bond donors (Lipinski definition) is 1. The van der Waals surface area contributed by atoms with E-state index in [1.807, 2.05) is 23.1 Å². The number of carbonyl (C=O) groups is 1. The number of nitrogens with one attached hydrogen (secondary N) is 1. The molecule has 0 atom stereocenters. The second kappa shape index (κ2) is 8.03. The summed E-state index contributed by atoms with van der Waals surface area (Å²) >= 11 is 0. The van der Waals surface area contributed by atoms with Gasteiger partial charge in [0.1, 0.15) is 5.75 Å². The Hall–Kier alpha value is -1.75. The van der Waals surface area contributed by atoms with E-state index in [1.54, 1.807) is 7.11 Å². The van der Waals surface area contributed by atoms with Crippen molar-refractivity contribution in [1.82, 2.24) is 10.2 Å². The van der Waals surface area contributed by atoms with Gasteiger partial charge < -0.3 is 19.9 Å². The third-order valence-electron chi connectivity index (χ3n) is 3.95. The van der Waals surface area contributed by atoms with E-state index in [2.05, 4.69) is 30.1 Å². The van der Waals surface area contributed by atoms with Crippen molar-refractivity contribution in [2.45, 2.75) is 26.3 Å². The summed E-state index contributed by atoms with van der Waals surface area (Å²) in [5.41, 5.74) is 1.11. The number of nitrogens with zero attached hydrogens (tertiary/aromatic N) is 2. The Morgan fingerprint density at radius 2 is 1.91 bits per heavy atom. The lowest BCUT2D eigenvalue weighted by atomic mass is 10.2. The summed E-state index contributed by atoms with van der Waals surface area (Å²) < 4.78 is 5.42. The number of anilines is 1. The Labute approximate surface area is 133 Å². The zero-order valence-corrected chi connectivity index (χ0v) is 13.8. The van der Waals surface area contributed by atoms with Crippen molar-refractivity contribution >= 4 is 11.6 Å². The van der Waals surface area contributed by atoms with Crippen LogP contribution in [0.2, 0.25) is 0 Å². The standard InChI is InChI=1S/C17H27N3O2/c1-14(2)18-9-8-17(21)20-12-10-19(11-13-20)15-6-4-5-7-16(15)22-3/h4-7,14,18H,8-13H2,1-3H3. The molecule has 1 heterocycles. The number of hydrogen-bond acceptors (Lipinski definition) is 4. The molecule has 0 aromatic heterocycles. The number of carbonyl (C=O) groups excluding carboxylic acids is 1. The van der Waals surface area contributed by atoms with Gasteiger partial charge in [-0.2, -0.15) is 0 Å². The van der Waals surface area contributed by atoms with Gasteiger partial charge in [-0.15, -0.1) is 0 Å². The summed E-state index contributed by atoms with van der Waals surface area (Å²) in [6, 6.07) is 8.47. The van der Waals surface area contributed by atoms with Crippen LogP contribution in [0.4, 0.5) is 5.69 Å². The Balaban J connectivity index is 1.84. The smallest absolute Gasteiger partial charge is 0.223 e. The summed E-state index contributed by atoms with van der Waals surface area (Å²) in [5.74, 6) is 1.14. The van der Waals surface area contributed by atoms with Crippen LogP contribution in [0.25, 0.3) is 0 Å². The fourth-order valence-electron chi connectivity index (χ4n) is 2.71. The van der Waals surface area contributed by atoms with Crippen molar-refractivity contribution in [2.75, 3.05) is 44.7 Å². The molecular formula is C17H27N3O2. The van der Waals surface area contributed by atoms with Gasteiger partial charge in [0.05, 0.1) is 12.8 Å². The Bertz CT molecular complexity index is 483. The number of piperazine rings is 1. The van der Waals surface area contributed by atoms with Crippen LogP contribution < -0.4 is 15.0 Å². The third kappa shape index (κ3) is 4.37. The molecule has 5 nitrogen and oxygen atoms in total. The normalized spacial score (nSPS) is 15.3. The summed E-state index contributed by atoms with van der Waals surface area (Å²) in [4.78, 5) is 16.4. The second-order valence-electron chi connectivity index (χ2n) is 5.90. The fourth-order valence-corrected chi connectivity index (χ4v) is 2.71. The molecule has 0 unspecified atom stereocenters. The predicted octanol–water partition coefficient (Wildman–Crippen LogP) is 1.73. The van der Waals surface area contributed by atoms with E-state index in [-0.39, 0.29) is 5.91 Å². The Kier molecular flexibility index (Phi) is 6.07. The molecule has 0 bridgehead atoms. The van der Waals surface area contributed by atoms with Gasteiger partial charge in [-0.05, 0) is 12.1 Å². The Morgan fingerprint density at radius 1 is 1.23 bits per heavy atom. The molecule has 1 amide bonds. The van der Waals surface area contributed by atoms with Crippen LogP contribution in [0.5, 0.6) is 5.75 Å². The van der Waals surface area contributed by atoms with E-state index < -0.39 is 0 Å². The highest BCUT2D eigenvalue weighted by Gasteiger charge is 2.22. The zero-order valence-electron chi connectivity index (χ0n) is 13.8. The first-order valence-electron chi connectivity index (χ1n) is 8.01. The fraction of sp³-hybridized carbons (Fsp3) is 0.588. The molecule has 122 valence electrons. The van der Waals surface area contributed by atoms with E-state index in [4.69, 9.17) is 4.74 Å². The predicted molar refractivity (Wildman–Crippen MR) is 89.5 cm³/mol. The lowest BCUT2D eigenvalue weighted by Crippen LogP contribution is -2.49. The SMILES string of the molecule is COc1ccccc1N1CCN(C(=O)CCNC(C)C)CC1. The second-order valence-corrected chi connectivity index (χ2v) is 5.90. The minimum atomic E-state index is 0.243. The van der Waals surface area contributed by atoms with Crippen molar-refractivity contribution in [2.24, 2.45) is 0 Å². The highest BCUT2D eigenvalue weighted by molar-refractivity contribution is 5.76. The molecule has 2 rings (SSSR count). The van der Waals surface area contributed by atoms with Crippen LogP contribution in [0, 0.1) is 0 Å². The molecule has 0 saturated carbocycles. The largest absolute Gasteiger partial charge is 0.495 e. The van der Waals surface area contributed by atoms with E-state index >= 15 is 0 Å². The van der Waals surface area contributed by atoms with Crippen LogP contribution in [0.15, 0.2) is 24.3 Å². The van der Waals surface area contributed by atoms with E-state index in [9.17, 15) is 4.79 Å². The number of benzene rings is 1. The molecule has 1 saturated heterocycles. The van der Waals surface area contributed by atoms with Crippen LogP contribution >= 0.6 is 0 Å². The summed E-state index contributed by atoms with van der Waals surface area (Å²) in [5, 5.41) is 3.29. The number of ether oxygens (including phenoxy) is 1. The molecule has 22 heavy (non-hydrogen) atoms. The summed E-state index contributed by atoms with van der Waals surface area (Å²) in [6.45, 7) is 8.20. The van der Waals surface area contributed by atoms with Crippen molar-refractivity contribution in [1.29, 1.82) is 0 Å². The average Bonchev–Trinajstić information content (AvgIpc) is 2.54. The van der Waals surface area contributed by atoms with Crippen molar-refractivity contribution in [3.63, 3.8) is 0 Å². The van der Waals surface area contributed by atoms with Crippen LogP contribution in [-0.2, 0) is 4.79 Å². The van der Waals surface area contributed by atoms with Gasteiger partial charge in [-0.1, -0.05) is 26.0 Å². The van der Waals surface area contributed by atoms with Gasteiger partial charge in [0, 0.05) is 45.2 Å². The van der Waals surface area contributed by atoms with Crippen molar-refractivity contribution in [3.8, 4) is 5.75 Å². The minimum absolute atomic E-state index is 0.243. The summed E-state index contributed by atoms with van der Waals surface area (Å²) in [6.07, 6.45) is 0.576. The topological polar surface area (TPSA) is 44.8 Å². The molecule has 1 aromatic rings. The van der Waals surface area contributed by atoms with Gasteiger partial charge in [0.2, 0.25) is 5.91 Å². The van der Waals surface area contributed by atoms with Gasteiger partial charge in [0.15, 0.2) is 0 Å². The van der Waals surface area contributed by atoms with Gasteiger partial charge in [0.25, 0.3) is 0 Å². The quantitative estimate of drug-likeness (QED) is 0.869. The highest BCUT2D eigenvalue weighted by atomic mass is 16.5. The van der Waals surface area contributed by atoms with E-state index in [0.717, 1.165) is 44.2 Å². The number of amides is 1. The maximum absolute atomic E-state index is 12.2.